The Kier molecular flexibility index (Phi) is 2.88. The summed E-state index contributed by atoms with van der Waals surface area (Å²) in [5.41, 5.74) is 6.90. The summed E-state index contributed by atoms with van der Waals surface area (Å²) in [7, 11) is 0. The van der Waals surface area contributed by atoms with Crippen LogP contribution in [0, 0.1) is 10.1 Å². The van der Waals surface area contributed by atoms with Crippen LogP contribution in [0.15, 0.2) is 28.1 Å². The SMILES string of the molecule is Nc1nc(-c2cccc([N+](=O)[O-])c2)c(Br)s1. The zero-order valence-electron chi connectivity index (χ0n) is 7.88. The lowest BCUT2D eigenvalue weighted by Crippen LogP contribution is -1.88. The number of thiazole rings is 1. The number of nitro groups is 1. The highest BCUT2D eigenvalue weighted by atomic mass is 79.9. The fourth-order valence-electron chi connectivity index (χ4n) is 1.26. The highest BCUT2D eigenvalue weighted by molar-refractivity contribution is 9.11. The number of nitrogens with two attached hydrogens (primary N) is 1. The molecule has 16 heavy (non-hydrogen) atoms. The van der Waals surface area contributed by atoms with Crippen LogP contribution in [0.2, 0.25) is 0 Å². The Balaban J connectivity index is 2.52. The number of anilines is 1. The molecule has 0 amide bonds. The van der Waals surface area contributed by atoms with Gasteiger partial charge in [-0.05, 0) is 15.9 Å². The van der Waals surface area contributed by atoms with Gasteiger partial charge in [0.25, 0.3) is 5.69 Å². The average molecular weight is 300 g/mol. The molecule has 0 atom stereocenters. The van der Waals surface area contributed by atoms with Crippen LogP contribution < -0.4 is 5.73 Å². The van der Waals surface area contributed by atoms with Crippen LogP contribution >= 0.6 is 27.3 Å². The predicted octanol–water partition coefficient (Wildman–Crippen LogP) is 3.06. The number of rotatable bonds is 2. The summed E-state index contributed by atoms with van der Waals surface area (Å²) >= 11 is 4.61. The summed E-state index contributed by atoms with van der Waals surface area (Å²) in [5.74, 6) is 0. The molecular formula is C9H6BrN3O2S. The molecule has 82 valence electrons. The molecule has 0 fully saturated rings. The van der Waals surface area contributed by atoms with E-state index in [0.717, 1.165) is 3.79 Å². The largest absolute Gasteiger partial charge is 0.375 e. The van der Waals surface area contributed by atoms with Crippen LogP contribution in [0.5, 0.6) is 0 Å². The van der Waals surface area contributed by atoms with Crippen LogP contribution in [0.4, 0.5) is 10.8 Å². The van der Waals surface area contributed by atoms with E-state index in [1.165, 1.54) is 23.5 Å². The number of nitro benzene ring substituents is 1. The van der Waals surface area contributed by atoms with E-state index in [1.807, 2.05) is 0 Å². The highest BCUT2D eigenvalue weighted by Crippen LogP contribution is 2.35. The van der Waals surface area contributed by atoms with Gasteiger partial charge in [-0.15, -0.1) is 0 Å². The van der Waals surface area contributed by atoms with Gasteiger partial charge in [-0.2, -0.15) is 0 Å². The first-order valence-electron chi connectivity index (χ1n) is 4.24. The summed E-state index contributed by atoms with van der Waals surface area (Å²) < 4.78 is 0.769. The molecule has 2 aromatic rings. The quantitative estimate of drug-likeness (QED) is 0.682. The van der Waals surface area contributed by atoms with E-state index < -0.39 is 4.92 Å². The first-order valence-corrected chi connectivity index (χ1v) is 5.85. The average Bonchev–Trinajstić information content (AvgIpc) is 2.58. The summed E-state index contributed by atoms with van der Waals surface area (Å²) in [6, 6.07) is 6.29. The van der Waals surface area contributed by atoms with Crippen molar-refractivity contribution in [2.75, 3.05) is 5.73 Å². The first kappa shape index (κ1) is 11.0. The number of non-ortho nitro benzene ring substituents is 1. The molecule has 7 heteroatoms. The minimum atomic E-state index is -0.437. The molecule has 0 aliphatic rings. The number of hydrogen-bond donors (Lipinski definition) is 1. The van der Waals surface area contributed by atoms with Crippen molar-refractivity contribution >= 4 is 38.1 Å². The van der Waals surface area contributed by atoms with Crippen LogP contribution in [0.3, 0.4) is 0 Å². The third-order valence-electron chi connectivity index (χ3n) is 1.93. The lowest BCUT2D eigenvalue weighted by atomic mass is 10.1. The minimum Gasteiger partial charge on any atom is -0.375 e. The van der Waals surface area contributed by atoms with Gasteiger partial charge in [-0.25, -0.2) is 4.98 Å². The van der Waals surface area contributed by atoms with E-state index >= 15 is 0 Å². The van der Waals surface area contributed by atoms with Crippen molar-refractivity contribution in [1.82, 2.24) is 4.98 Å². The van der Waals surface area contributed by atoms with Gasteiger partial charge < -0.3 is 5.73 Å². The Morgan fingerprint density at radius 2 is 2.25 bits per heavy atom. The number of aromatic nitrogens is 1. The molecule has 0 bridgehead atoms. The van der Waals surface area contributed by atoms with Gasteiger partial charge in [0.05, 0.1) is 14.4 Å². The van der Waals surface area contributed by atoms with Gasteiger partial charge in [0.2, 0.25) is 0 Å². The molecule has 0 aliphatic carbocycles. The maximum absolute atomic E-state index is 10.6. The third kappa shape index (κ3) is 2.05. The molecule has 1 aromatic carbocycles. The summed E-state index contributed by atoms with van der Waals surface area (Å²) in [6.07, 6.45) is 0. The first-order chi connectivity index (χ1) is 7.58. The third-order valence-corrected chi connectivity index (χ3v) is 3.47. The molecule has 2 N–H and O–H groups in total. The lowest BCUT2D eigenvalue weighted by Gasteiger charge is -1.97. The standard InChI is InChI=1S/C9H6BrN3O2S/c10-8-7(12-9(11)16-8)5-2-1-3-6(4-5)13(14)15/h1-4H,(H2,11,12). The molecule has 0 saturated carbocycles. The van der Waals surface area contributed by atoms with Crippen molar-refractivity contribution < 1.29 is 4.92 Å². The van der Waals surface area contributed by atoms with Crippen LogP contribution in [-0.2, 0) is 0 Å². The number of nitrogen functional groups attached to an aromatic ring is 1. The Bertz CT molecular complexity index is 555. The van der Waals surface area contributed by atoms with Crippen molar-refractivity contribution in [3.05, 3.63) is 38.2 Å². The number of hydrogen-bond acceptors (Lipinski definition) is 5. The van der Waals surface area contributed by atoms with Crippen LogP contribution in [0.1, 0.15) is 0 Å². The zero-order chi connectivity index (χ0) is 11.7. The zero-order valence-corrected chi connectivity index (χ0v) is 10.3. The van der Waals surface area contributed by atoms with Crippen molar-refractivity contribution in [3.8, 4) is 11.3 Å². The Morgan fingerprint density at radius 1 is 1.50 bits per heavy atom. The van der Waals surface area contributed by atoms with Crippen molar-refractivity contribution in [1.29, 1.82) is 0 Å². The molecule has 1 heterocycles. The smallest absolute Gasteiger partial charge is 0.270 e. The lowest BCUT2D eigenvalue weighted by molar-refractivity contribution is -0.384. The molecular weight excluding hydrogens is 294 g/mol. The topological polar surface area (TPSA) is 82.0 Å². The van der Waals surface area contributed by atoms with E-state index in [1.54, 1.807) is 12.1 Å². The Morgan fingerprint density at radius 3 is 2.81 bits per heavy atom. The van der Waals surface area contributed by atoms with Crippen molar-refractivity contribution in [2.24, 2.45) is 0 Å². The second kappa shape index (κ2) is 4.18. The Labute approximate surface area is 103 Å². The molecule has 5 nitrogen and oxygen atoms in total. The molecule has 1 aromatic heterocycles. The van der Waals surface area contributed by atoms with E-state index in [4.69, 9.17) is 5.73 Å². The maximum Gasteiger partial charge on any atom is 0.270 e. The van der Waals surface area contributed by atoms with E-state index in [-0.39, 0.29) is 5.69 Å². The fourth-order valence-corrected chi connectivity index (χ4v) is 2.66. The van der Waals surface area contributed by atoms with Gasteiger partial charge in [-0.1, -0.05) is 23.5 Å². The minimum absolute atomic E-state index is 0.0379. The highest BCUT2D eigenvalue weighted by Gasteiger charge is 2.12. The van der Waals surface area contributed by atoms with Crippen LogP contribution in [0.25, 0.3) is 11.3 Å². The van der Waals surface area contributed by atoms with Gasteiger partial charge in [-0.3, -0.25) is 10.1 Å². The monoisotopic (exact) mass is 299 g/mol. The number of halogens is 1. The summed E-state index contributed by atoms with van der Waals surface area (Å²) in [4.78, 5) is 14.3. The van der Waals surface area contributed by atoms with Crippen molar-refractivity contribution in [3.63, 3.8) is 0 Å². The van der Waals surface area contributed by atoms with Gasteiger partial charge in [0, 0.05) is 17.7 Å². The second-order valence-corrected chi connectivity index (χ2v) is 5.33. The Hall–Kier alpha value is -1.47. The number of benzene rings is 1. The van der Waals surface area contributed by atoms with Gasteiger partial charge in [0.15, 0.2) is 5.13 Å². The molecule has 0 aliphatic heterocycles. The number of nitrogens with zero attached hydrogens (tertiary/aromatic N) is 2. The normalized spacial score (nSPS) is 10.3. The second-order valence-electron chi connectivity index (χ2n) is 2.98. The predicted molar refractivity (Wildman–Crippen MR) is 66.3 cm³/mol. The summed E-state index contributed by atoms with van der Waals surface area (Å²) in [6.45, 7) is 0. The van der Waals surface area contributed by atoms with Gasteiger partial charge in [0.1, 0.15) is 0 Å². The van der Waals surface area contributed by atoms with Gasteiger partial charge >= 0.3 is 0 Å². The van der Waals surface area contributed by atoms with E-state index in [9.17, 15) is 10.1 Å². The summed E-state index contributed by atoms with van der Waals surface area (Å²) in [5, 5.41) is 11.1. The fraction of sp³-hybridized carbons (Fsp3) is 0. The molecule has 2 rings (SSSR count). The molecule has 0 spiro atoms. The molecule has 0 saturated heterocycles. The van der Waals surface area contributed by atoms with E-state index in [2.05, 4.69) is 20.9 Å². The van der Waals surface area contributed by atoms with Crippen molar-refractivity contribution in [2.45, 2.75) is 0 Å². The maximum atomic E-state index is 10.6. The van der Waals surface area contributed by atoms with E-state index in [0.29, 0.717) is 16.4 Å². The molecule has 0 radical (unpaired) electrons. The van der Waals surface area contributed by atoms with Crippen LogP contribution in [-0.4, -0.2) is 9.91 Å². The molecule has 0 unspecified atom stereocenters.